The molecule has 1 unspecified atom stereocenters. The number of carbonyl (C=O) groups excluding carboxylic acids is 2. The molecule has 0 aromatic heterocycles. The van der Waals surface area contributed by atoms with Gasteiger partial charge in [-0.2, -0.15) is 0 Å². The molecule has 6 nitrogen and oxygen atoms in total. The molecule has 1 aromatic rings. The lowest BCUT2D eigenvalue weighted by molar-refractivity contribution is -0.126. The molecule has 1 heterocycles. The third kappa shape index (κ3) is 4.73. The molecule has 0 radical (unpaired) electrons. The second-order valence-corrected chi connectivity index (χ2v) is 6.07. The molecule has 0 spiro atoms. The van der Waals surface area contributed by atoms with E-state index in [1.54, 1.807) is 26.0 Å². The quantitative estimate of drug-likeness (QED) is 0.664. The summed E-state index contributed by atoms with van der Waals surface area (Å²) in [6.07, 6.45) is 2.21. The van der Waals surface area contributed by atoms with Crippen LogP contribution in [0.3, 0.4) is 0 Å². The van der Waals surface area contributed by atoms with Crippen LogP contribution in [0, 0.1) is 0 Å². The summed E-state index contributed by atoms with van der Waals surface area (Å²) in [5.41, 5.74) is -0.288. The minimum atomic E-state index is -0.975. The summed E-state index contributed by atoms with van der Waals surface area (Å²) >= 11 is 0. The van der Waals surface area contributed by atoms with Gasteiger partial charge in [0, 0.05) is 18.3 Å². The highest BCUT2D eigenvalue weighted by Gasteiger charge is 2.30. The topological polar surface area (TPSA) is 82.3 Å². The summed E-state index contributed by atoms with van der Waals surface area (Å²) in [5.74, 6) is -0.190. The highest BCUT2D eigenvalue weighted by atomic mass is 16.2. The maximum absolute atomic E-state index is 12.2. The average molecular weight is 304 g/mol. The Morgan fingerprint density at radius 1 is 1.27 bits per heavy atom. The number of hydrogen-bond donors (Lipinski definition) is 4. The third-order valence-electron chi connectivity index (χ3n) is 3.70. The maximum atomic E-state index is 12.2. The van der Waals surface area contributed by atoms with Crippen LogP contribution in [0.2, 0.25) is 0 Å². The van der Waals surface area contributed by atoms with E-state index in [0.29, 0.717) is 18.3 Å². The lowest BCUT2D eigenvalue weighted by Crippen LogP contribution is -2.57. The normalized spacial score (nSPS) is 17.8. The van der Waals surface area contributed by atoms with Gasteiger partial charge >= 0.3 is 6.03 Å². The fourth-order valence-electron chi connectivity index (χ4n) is 2.39. The van der Waals surface area contributed by atoms with Crippen molar-refractivity contribution < 1.29 is 9.59 Å². The monoisotopic (exact) mass is 304 g/mol. The lowest BCUT2D eigenvalue weighted by atomic mass is 10.0. The Balaban J connectivity index is 1.80. The predicted octanol–water partition coefficient (Wildman–Crippen LogP) is 1.45. The molecule has 1 saturated heterocycles. The molecule has 120 valence electrons. The van der Waals surface area contributed by atoms with Crippen molar-refractivity contribution in [1.82, 2.24) is 16.0 Å². The van der Waals surface area contributed by atoms with Crippen molar-refractivity contribution in [1.29, 1.82) is 0 Å². The highest BCUT2D eigenvalue weighted by Crippen LogP contribution is 2.08. The zero-order valence-electron chi connectivity index (χ0n) is 13.1. The molecule has 2 rings (SSSR count). The van der Waals surface area contributed by atoms with Gasteiger partial charge in [-0.3, -0.25) is 4.79 Å². The fourth-order valence-corrected chi connectivity index (χ4v) is 2.39. The largest absolute Gasteiger partial charge is 0.353 e. The van der Waals surface area contributed by atoms with Crippen molar-refractivity contribution in [3.05, 3.63) is 30.3 Å². The summed E-state index contributed by atoms with van der Waals surface area (Å²) in [5, 5.41) is 11.6. The molecule has 6 heteroatoms. The van der Waals surface area contributed by atoms with Crippen LogP contribution in [0.4, 0.5) is 10.5 Å². The summed E-state index contributed by atoms with van der Waals surface area (Å²) in [6.45, 7) is 4.97. The van der Waals surface area contributed by atoms with Crippen LogP contribution < -0.4 is 21.3 Å². The van der Waals surface area contributed by atoms with Crippen LogP contribution >= 0.6 is 0 Å². The first kappa shape index (κ1) is 16.3. The van der Waals surface area contributed by atoms with Gasteiger partial charge < -0.3 is 21.3 Å². The van der Waals surface area contributed by atoms with Gasteiger partial charge in [0.05, 0.1) is 0 Å². The van der Waals surface area contributed by atoms with E-state index in [4.69, 9.17) is 0 Å². The second kappa shape index (κ2) is 7.26. The van der Waals surface area contributed by atoms with E-state index < -0.39 is 11.6 Å². The predicted molar refractivity (Wildman–Crippen MR) is 86.7 cm³/mol. The summed E-state index contributed by atoms with van der Waals surface area (Å²) in [6, 6.07) is 9.06. The number of anilines is 1. The zero-order chi connectivity index (χ0) is 16.0. The Morgan fingerprint density at radius 3 is 2.64 bits per heavy atom. The van der Waals surface area contributed by atoms with Gasteiger partial charge in [0.1, 0.15) is 5.54 Å². The molecule has 1 aliphatic heterocycles. The van der Waals surface area contributed by atoms with E-state index in [-0.39, 0.29) is 5.91 Å². The Hall–Kier alpha value is -2.08. The van der Waals surface area contributed by atoms with Crippen molar-refractivity contribution in [3.63, 3.8) is 0 Å². The number of benzene rings is 1. The minimum Gasteiger partial charge on any atom is -0.353 e. The SMILES string of the molecule is CC(C)(NC(=O)Nc1ccccc1)C(=O)NCC1CCCN1. The first-order valence-corrected chi connectivity index (χ1v) is 7.63. The molecule has 4 N–H and O–H groups in total. The van der Waals surface area contributed by atoms with Crippen molar-refractivity contribution in [3.8, 4) is 0 Å². The van der Waals surface area contributed by atoms with Crippen LogP contribution in [0.1, 0.15) is 26.7 Å². The first-order valence-electron chi connectivity index (χ1n) is 7.63. The summed E-state index contributed by atoms with van der Waals surface area (Å²) in [7, 11) is 0. The molecule has 0 aliphatic carbocycles. The Kier molecular flexibility index (Phi) is 5.38. The van der Waals surface area contributed by atoms with Crippen molar-refractivity contribution in [2.24, 2.45) is 0 Å². The number of rotatable bonds is 5. The van der Waals surface area contributed by atoms with Crippen molar-refractivity contribution in [2.75, 3.05) is 18.4 Å². The number of urea groups is 1. The number of nitrogens with one attached hydrogen (secondary N) is 4. The van der Waals surface area contributed by atoms with Gasteiger partial charge in [0.25, 0.3) is 0 Å². The van der Waals surface area contributed by atoms with Crippen molar-refractivity contribution in [2.45, 2.75) is 38.3 Å². The minimum absolute atomic E-state index is 0.190. The molecule has 1 atom stereocenters. The Bertz CT molecular complexity index is 510. The van der Waals surface area contributed by atoms with Gasteiger partial charge in [-0.25, -0.2) is 4.79 Å². The molecule has 1 aliphatic rings. The molecule has 0 bridgehead atoms. The number of amides is 3. The molecule has 0 saturated carbocycles. The molecule has 1 aromatic carbocycles. The van der Waals surface area contributed by atoms with E-state index in [1.165, 1.54) is 0 Å². The average Bonchev–Trinajstić information content (AvgIpc) is 2.98. The van der Waals surface area contributed by atoms with E-state index in [1.807, 2.05) is 18.2 Å². The smallest absolute Gasteiger partial charge is 0.320 e. The zero-order valence-corrected chi connectivity index (χ0v) is 13.1. The standard InChI is InChI=1S/C16H24N4O2/c1-16(2,14(21)18-11-13-9-6-10-17-13)20-15(22)19-12-7-4-3-5-8-12/h3-5,7-8,13,17H,6,9-11H2,1-2H3,(H,18,21)(H2,19,20,22). The molecular formula is C16H24N4O2. The maximum Gasteiger partial charge on any atom is 0.320 e. The van der Waals surface area contributed by atoms with E-state index >= 15 is 0 Å². The highest BCUT2D eigenvalue weighted by molar-refractivity contribution is 5.95. The van der Waals surface area contributed by atoms with Crippen LogP contribution in [0.25, 0.3) is 0 Å². The summed E-state index contributed by atoms with van der Waals surface area (Å²) in [4.78, 5) is 24.2. The number of hydrogen-bond acceptors (Lipinski definition) is 3. The van der Waals surface area contributed by atoms with Gasteiger partial charge in [-0.05, 0) is 45.4 Å². The van der Waals surface area contributed by atoms with Crippen LogP contribution in [0.15, 0.2) is 30.3 Å². The summed E-state index contributed by atoms with van der Waals surface area (Å²) < 4.78 is 0. The fraction of sp³-hybridized carbons (Fsp3) is 0.500. The molecule has 1 fully saturated rings. The Labute approximate surface area is 131 Å². The van der Waals surface area contributed by atoms with Crippen LogP contribution in [-0.4, -0.2) is 36.6 Å². The van der Waals surface area contributed by atoms with E-state index in [2.05, 4.69) is 21.3 Å². The number of para-hydroxylation sites is 1. The first-order chi connectivity index (χ1) is 10.5. The Morgan fingerprint density at radius 2 is 2.00 bits per heavy atom. The van der Waals surface area contributed by atoms with Crippen molar-refractivity contribution >= 4 is 17.6 Å². The van der Waals surface area contributed by atoms with Gasteiger partial charge in [-0.15, -0.1) is 0 Å². The van der Waals surface area contributed by atoms with E-state index in [9.17, 15) is 9.59 Å². The molecular weight excluding hydrogens is 280 g/mol. The van der Waals surface area contributed by atoms with Gasteiger partial charge in [0.2, 0.25) is 5.91 Å². The number of carbonyl (C=O) groups is 2. The van der Waals surface area contributed by atoms with E-state index in [0.717, 1.165) is 19.4 Å². The lowest BCUT2D eigenvalue weighted by Gasteiger charge is -2.26. The molecule has 3 amide bonds. The molecule has 22 heavy (non-hydrogen) atoms. The van der Waals surface area contributed by atoms with Crippen LogP contribution in [-0.2, 0) is 4.79 Å². The van der Waals surface area contributed by atoms with Gasteiger partial charge in [0.15, 0.2) is 0 Å². The second-order valence-electron chi connectivity index (χ2n) is 6.07. The van der Waals surface area contributed by atoms with Gasteiger partial charge in [-0.1, -0.05) is 18.2 Å². The third-order valence-corrected chi connectivity index (χ3v) is 3.70. The van der Waals surface area contributed by atoms with Crippen LogP contribution in [0.5, 0.6) is 0 Å².